The van der Waals surface area contributed by atoms with Gasteiger partial charge in [0.05, 0.1) is 23.5 Å². The van der Waals surface area contributed by atoms with E-state index in [1.807, 2.05) is 26.0 Å². The molecule has 0 aromatic carbocycles. The molecule has 232 valence electrons. The first kappa shape index (κ1) is 30.0. The lowest BCUT2D eigenvalue weighted by Gasteiger charge is -2.60. The highest BCUT2D eigenvalue weighted by atomic mass is 16.5. The highest BCUT2D eigenvalue weighted by Gasteiger charge is 2.74. The fraction of sp³-hybridized carbons (Fsp3) is 0.794. The first-order valence-corrected chi connectivity index (χ1v) is 16.5. The van der Waals surface area contributed by atoms with Gasteiger partial charge in [-0.1, -0.05) is 57.8 Å². The van der Waals surface area contributed by atoms with E-state index in [4.69, 9.17) is 14.6 Å². The third-order valence-corrected chi connectivity index (χ3v) is 12.1. The van der Waals surface area contributed by atoms with E-state index >= 15 is 0 Å². The molecule has 0 aromatic rings. The number of ketones is 1. The average Bonchev–Trinajstić information content (AvgIpc) is 3.44. The van der Waals surface area contributed by atoms with Crippen LogP contribution in [0, 0.1) is 34.5 Å². The summed E-state index contributed by atoms with van der Waals surface area (Å²) in [6.07, 6.45) is 15.3. The molecule has 0 spiro atoms. The highest BCUT2D eigenvalue weighted by Crippen LogP contribution is 2.68. The minimum absolute atomic E-state index is 0.0431. The number of aliphatic hydroxyl groups is 1. The van der Waals surface area contributed by atoms with Crippen LogP contribution in [0.4, 0.5) is 0 Å². The summed E-state index contributed by atoms with van der Waals surface area (Å²) in [6.45, 7) is 6.64. The van der Waals surface area contributed by atoms with E-state index in [0.717, 1.165) is 43.4 Å². The molecular weight excluding hydrogens is 530 g/mol. The maximum Gasteiger partial charge on any atom is 0.306 e. The molecule has 4 fully saturated rings. The third kappa shape index (κ3) is 4.62. The van der Waals surface area contributed by atoms with E-state index in [1.165, 1.54) is 19.3 Å². The largest absolute Gasteiger partial charge is 0.459 e. The van der Waals surface area contributed by atoms with E-state index in [9.17, 15) is 14.7 Å². The standard InChI is InChI=1S/C34H51N3O5/c1-6-10-29(40)41-20-27(36-37(4)5)34-28(42-31(35-34)21-11-8-7-9-12-21)18-25-24-14-13-22-17-23(38)15-16-32(22,2)30(24)26(39)19-33(25,34)3/h13,15-16,21,24-26,28,30-31,35,39H,6-12,14,17-20H2,1-5H3/t24-,25-,26-,28+,30+,31?,32-,33-,34+/m0/s1. The Bertz CT molecular complexity index is 1170. The SMILES string of the molecule is CCCC(=O)OCC(=NN(C)C)[C@@]12NC(C3CCCCC3)O[C@@H]1C[C@H]1[C@@H]3CC=C4CC(=O)C=C[C@]4(C)[C@H]3[C@@H](O)C[C@@]12C. The number of nitrogens with zero attached hydrogens (tertiary/aromatic N) is 2. The zero-order valence-corrected chi connectivity index (χ0v) is 26.2. The van der Waals surface area contributed by atoms with Gasteiger partial charge in [-0.2, -0.15) is 5.10 Å². The Morgan fingerprint density at radius 2 is 2.00 bits per heavy atom. The molecule has 1 unspecified atom stereocenters. The second-order valence-electron chi connectivity index (χ2n) is 14.6. The molecule has 3 saturated carbocycles. The zero-order valence-electron chi connectivity index (χ0n) is 26.2. The van der Waals surface area contributed by atoms with Gasteiger partial charge in [0.2, 0.25) is 0 Å². The Morgan fingerprint density at radius 1 is 1.24 bits per heavy atom. The van der Waals surface area contributed by atoms with Crippen molar-refractivity contribution in [2.24, 2.45) is 39.6 Å². The van der Waals surface area contributed by atoms with Crippen molar-refractivity contribution in [3.8, 4) is 0 Å². The van der Waals surface area contributed by atoms with Crippen molar-refractivity contribution < 1.29 is 24.2 Å². The first-order valence-electron chi connectivity index (χ1n) is 16.5. The van der Waals surface area contributed by atoms with Gasteiger partial charge in [-0.05, 0) is 67.8 Å². The van der Waals surface area contributed by atoms with Gasteiger partial charge >= 0.3 is 5.97 Å². The number of hydrazone groups is 1. The predicted octanol–water partition coefficient (Wildman–Crippen LogP) is 4.77. The topological polar surface area (TPSA) is 100 Å². The third-order valence-electron chi connectivity index (χ3n) is 12.1. The molecule has 0 amide bonds. The number of hydrogen-bond acceptors (Lipinski definition) is 8. The normalized spacial score (nSPS) is 43.2. The molecule has 9 atom stereocenters. The number of esters is 1. The molecular formula is C34H51N3O5. The van der Waals surface area contributed by atoms with Crippen LogP contribution in [-0.2, 0) is 19.1 Å². The number of carbonyl (C=O) groups is 2. The van der Waals surface area contributed by atoms with Crippen molar-refractivity contribution >= 4 is 17.5 Å². The lowest BCUT2D eigenvalue weighted by Crippen LogP contribution is -2.68. The molecule has 2 N–H and O–H groups in total. The van der Waals surface area contributed by atoms with Crippen LogP contribution in [0.5, 0.6) is 0 Å². The second kappa shape index (κ2) is 11.2. The average molecular weight is 582 g/mol. The number of rotatable bonds is 7. The van der Waals surface area contributed by atoms with E-state index in [1.54, 1.807) is 6.08 Å². The molecule has 0 bridgehead atoms. The Hall–Kier alpha value is -2.03. The quantitative estimate of drug-likeness (QED) is 0.193. The summed E-state index contributed by atoms with van der Waals surface area (Å²) in [6, 6.07) is 0. The lowest BCUT2D eigenvalue weighted by molar-refractivity contribution is -0.142. The van der Waals surface area contributed by atoms with Gasteiger partial charge in [-0.25, -0.2) is 0 Å². The fourth-order valence-corrected chi connectivity index (χ4v) is 10.2. The highest BCUT2D eigenvalue weighted by molar-refractivity contribution is 5.98. The molecule has 6 rings (SSSR count). The smallest absolute Gasteiger partial charge is 0.306 e. The number of aliphatic hydroxyl groups excluding tert-OH is 1. The Balaban J connectivity index is 1.41. The molecule has 8 nitrogen and oxygen atoms in total. The maximum absolute atomic E-state index is 12.6. The fourth-order valence-electron chi connectivity index (χ4n) is 10.2. The molecule has 8 heteroatoms. The van der Waals surface area contributed by atoms with Crippen molar-refractivity contribution in [3.05, 3.63) is 23.8 Å². The van der Waals surface area contributed by atoms with Crippen LogP contribution in [-0.4, -0.2) is 72.3 Å². The summed E-state index contributed by atoms with van der Waals surface area (Å²) in [5.41, 5.74) is 0.612. The minimum Gasteiger partial charge on any atom is -0.459 e. The molecule has 42 heavy (non-hydrogen) atoms. The summed E-state index contributed by atoms with van der Waals surface area (Å²) in [7, 11) is 3.83. The van der Waals surface area contributed by atoms with Gasteiger partial charge < -0.3 is 19.6 Å². The van der Waals surface area contributed by atoms with E-state index in [-0.39, 0.29) is 59.3 Å². The van der Waals surface area contributed by atoms with Gasteiger partial charge in [-0.15, -0.1) is 0 Å². The molecule has 6 aliphatic rings. The number of ether oxygens (including phenoxy) is 2. The monoisotopic (exact) mass is 581 g/mol. The Labute approximate surface area is 251 Å². The van der Waals surface area contributed by atoms with Crippen LogP contribution in [0.15, 0.2) is 28.9 Å². The van der Waals surface area contributed by atoms with Crippen LogP contribution in [0.3, 0.4) is 0 Å². The van der Waals surface area contributed by atoms with E-state index in [2.05, 4.69) is 31.3 Å². The van der Waals surface area contributed by atoms with Gasteiger partial charge in [0, 0.05) is 38.3 Å². The number of fused-ring (bicyclic) bond motifs is 7. The Morgan fingerprint density at radius 3 is 2.71 bits per heavy atom. The summed E-state index contributed by atoms with van der Waals surface area (Å²) in [4.78, 5) is 24.9. The van der Waals surface area contributed by atoms with Gasteiger partial charge in [-0.3, -0.25) is 14.9 Å². The van der Waals surface area contributed by atoms with Crippen LogP contribution >= 0.6 is 0 Å². The Kier molecular flexibility index (Phi) is 7.97. The van der Waals surface area contributed by atoms with Crippen LogP contribution in [0.1, 0.15) is 91.4 Å². The predicted molar refractivity (Wildman–Crippen MR) is 161 cm³/mol. The summed E-state index contributed by atoms with van der Waals surface area (Å²) in [5.74, 6) is 0.942. The molecule has 1 heterocycles. The van der Waals surface area contributed by atoms with Crippen LogP contribution < -0.4 is 5.32 Å². The lowest BCUT2D eigenvalue weighted by atomic mass is 9.46. The van der Waals surface area contributed by atoms with Gasteiger partial charge in [0.25, 0.3) is 0 Å². The van der Waals surface area contributed by atoms with Crippen molar-refractivity contribution in [1.29, 1.82) is 0 Å². The van der Waals surface area contributed by atoms with E-state index < -0.39 is 11.6 Å². The van der Waals surface area contributed by atoms with E-state index in [0.29, 0.717) is 25.2 Å². The number of nitrogens with one attached hydrogen (secondary N) is 1. The molecule has 0 aromatic heterocycles. The van der Waals surface area contributed by atoms with Crippen molar-refractivity contribution in [2.45, 2.75) is 115 Å². The number of allylic oxidation sites excluding steroid dienone is 4. The number of hydrogen-bond donors (Lipinski definition) is 2. The van der Waals surface area contributed by atoms with Crippen LogP contribution in [0.2, 0.25) is 0 Å². The van der Waals surface area contributed by atoms with Crippen molar-refractivity contribution in [2.75, 3.05) is 20.7 Å². The zero-order chi connectivity index (χ0) is 29.9. The molecule has 1 saturated heterocycles. The van der Waals surface area contributed by atoms with Crippen molar-refractivity contribution in [3.63, 3.8) is 0 Å². The summed E-state index contributed by atoms with van der Waals surface area (Å²) >= 11 is 0. The summed E-state index contributed by atoms with van der Waals surface area (Å²) in [5, 5.41) is 23.1. The van der Waals surface area contributed by atoms with Gasteiger partial charge in [0.15, 0.2) is 5.78 Å². The summed E-state index contributed by atoms with van der Waals surface area (Å²) < 4.78 is 12.9. The van der Waals surface area contributed by atoms with Crippen LogP contribution in [0.25, 0.3) is 0 Å². The molecule has 5 aliphatic carbocycles. The molecule has 1 aliphatic heterocycles. The molecule has 0 radical (unpaired) electrons. The number of carbonyl (C=O) groups excluding carboxylic acids is 2. The van der Waals surface area contributed by atoms with Crippen molar-refractivity contribution in [1.82, 2.24) is 10.3 Å². The first-order chi connectivity index (χ1) is 20.0. The van der Waals surface area contributed by atoms with Gasteiger partial charge in [0.1, 0.15) is 12.8 Å². The second-order valence-corrected chi connectivity index (χ2v) is 14.6. The maximum atomic E-state index is 12.6. The minimum atomic E-state index is -0.661.